The van der Waals surface area contributed by atoms with Crippen molar-refractivity contribution in [3.05, 3.63) is 35.4 Å². The molecular weight excluding hydrogens is 274 g/mol. The van der Waals surface area contributed by atoms with E-state index >= 15 is 0 Å². The number of benzene rings is 1. The molecule has 1 saturated heterocycles. The van der Waals surface area contributed by atoms with Gasteiger partial charge in [-0.1, -0.05) is 44.0 Å². The van der Waals surface area contributed by atoms with Crippen LogP contribution in [0.15, 0.2) is 24.3 Å². The van der Waals surface area contributed by atoms with Crippen LogP contribution in [0.2, 0.25) is 0 Å². The van der Waals surface area contributed by atoms with Crippen molar-refractivity contribution in [2.75, 3.05) is 6.54 Å². The number of alkyl halides is 2. The van der Waals surface area contributed by atoms with Crippen molar-refractivity contribution in [2.24, 2.45) is 0 Å². The molecule has 116 valence electrons. The van der Waals surface area contributed by atoms with Gasteiger partial charge < -0.3 is 4.90 Å². The number of aryl methyl sites for hydroxylation is 1. The van der Waals surface area contributed by atoms with Crippen LogP contribution in [0.25, 0.3) is 0 Å². The van der Waals surface area contributed by atoms with Crippen molar-refractivity contribution in [3.8, 4) is 0 Å². The predicted octanol–water partition coefficient (Wildman–Crippen LogP) is 3.25. The fraction of sp³-hybridized carbons (Fsp3) is 0.562. The number of nitrogens with one attached hydrogen (secondary N) is 1. The number of carbonyl (C=O) groups excluding carboxylic acids is 1. The summed E-state index contributed by atoms with van der Waals surface area (Å²) in [5.41, 5.74) is 1.89. The highest BCUT2D eigenvalue weighted by Gasteiger charge is 2.40. The van der Waals surface area contributed by atoms with E-state index in [0.29, 0.717) is 6.42 Å². The molecule has 2 rings (SSSR count). The molecule has 0 radical (unpaired) electrons. The minimum atomic E-state index is -2.52. The highest BCUT2D eigenvalue weighted by atomic mass is 19.3. The van der Waals surface area contributed by atoms with Crippen molar-refractivity contribution in [1.82, 2.24) is 10.2 Å². The maximum absolute atomic E-state index is 12.8. The Morgan fingerprint density at radius 2 is 2.05 bits per heavy atom. The van der Waals surface area contributed by atoms with E-state index in [1.54, 1.807) is 0 Å². The van der Waals surface area contributed by atoms with Crippen LogP contribution in [-0.4, -0.2) is 29.8 Å². The zero-order valence-corrected chi connectivity index (χ0v) is 12.5. The van der Waals surface area contributed by atoms with Crippen LogP contribution in [0.5, 0.6) is 0 Å². The van der Waals surface area contributed by atoms with Crippen molar-refractivity contribution >= 4 is 5.91 Å². The Morgan fingerprint density at radius 1 is 1.33 bits per heavy atom. The summed E-state index contributed by atoms with van der Waals surface area (Å²) in [6.45, 7) is 3.46. The number of hydrogen-bond acceptors (Lipinski definition) is 2. The van der Waals surface area contributed by atoms with Crippen molar-refractivity contribution in [1.29, 1.82) is 0 Å². The van der Waals surface area contributed by atoms with Gasteiger partial charge in [0.1, 0.15) is 6.17 Å². The van der Waals surface area contributed by atoms with Gasteiger partial charge in [-0.15, -0.1) is 0 Å². The molecule has 1 heterocycles. The highest BCUT2D eigenvalue weighted by Crippen LogP contribution is 2.29. The van der Waals surface area contributed by atoms with Crippen LogP contribution in [0.1, 0.15) is 43.5 Å². The summed E-state index contributed by atoms with van der Waals surface area (Å²) in [6.07, 6.45) is -0.388. The number of rotatable bonds is 6. The maximum atomic E-state index is 12.8. The Morgan fingerprint density at radius 3 is 2.67 bits per heavy atom. The lowest BCUT2D eigenvalue weighted by Gasteiger charge is -2.25. The van der Waals surface area contributed by atoms with Gasteiger partial charge in [0, 0.05) is 0 Å². The van der Waals surface area contributed by atoms with Gasteiger partial charge in [0.25, 0.3) is 6.43 Å². The quantitative estimate of drug-likeness (QED) is 0.874. The average Bonchev–Trinajstić information content (AvgIpc) is 2.74. The van der Waals surface area contributed by atoms with Gasteiger partial charge in [0.05, 0.1) is 12.6 Å². The highest BCUT2D eigenvalue weighted by molar-refractivity contribution is 5.84. The Bertz CT molecular complexity index is 493. The molecular formula is C16H22F2N2O. The molecule has 1 N–H and O–H groups in total. The number of halogens is 2. The van der Waals surface area contributed by atoms with Crippen LogP contribution >= 0.6 is 0 Å². The lowest BCUT2D eigenvalue weighted by molar-refractivity contribution is -0.132. The maximum Gasteiger partial charge on any atom is 0.255 e. The van der Waals surface area contributed by atoms with E-state index in [-0.39, 0.29) is 11.9 Å². The molecule has 5 heteroatoms. The summed E-state index contributed by atoms with van der Waals surface area (Å²) < 4.78 is 25.6. The first kappa shape index (κ1) is 15.9. The number of carbonyl (C=O) groups is 1. The normalized spacial score (nSPS) is 22.3. The third-order valence-corrected chi connectivity index (χ3v) is 3.92. The van der Waals surface area contributed by atoms with E-state index in [4.69, 9.17) is 0 Å². The Kier molecular flexibility index (Phi) is 5.28. The number of hydrogen-bond donors (Lipinski definition) is 1. The van der Waals surface area contributed by atoms with E-state index in [0.717, 1.165) is 24.0 Å². The molecule has 1 aliphatic rings. The minimum absolute atomic E-state index is 0.211. The summed E-state index contributed by atoms with van der Waals surface area (Å²) in [4.78, 5) is 13.7. The predicted molar refractivity (Wildman–Crippen MR) is 78.1 cm³/mol. The molecule has 3 nitrogen and oxygen atoms in total. The van der Waals surface area contributed by atoms with Gasteiger partial charge in [-0.2, -0.15) is 0 Å². The molecule has 2 atom stereocenters. The first-order valence-corrected chi connectivity index (χ1v) is 7.44. The topological polar surface area (TPSA) is 32.3 Å². The molecule has 0 bridgehead atoms. The van der Waals surface area contributed by atoms with E-state index in [1.165, 1.54) is 4.90 Å². The van der Waals surface area contributed by atoms with Crippen LogP contribution < -0.4 is 5.32 Å². The molecule has 1 aromatic rings. The summed E-state index contributed by atoms with van der Waals surface area (Å²) in [5.74, 6) is -0.211. The minimum Gasteiger partial charge on any atom is -0.316 e. The van der Waals surface area contributed by atoms with Crippen LogP contribution in [-0.2, 0) is 4.79 Å². The summed E-state index contributed by atoms with van der Waals surface area (Å²) >= 11 is 0. The second-order valence-electron chi connectivity index (χ2n) is 5.50. The van der Waals surface area contributed by atoms with Gasteiger partial charge in [-0.3, -0.25) is 10.1 Å². The average molecular weight is 296 g/mol. The van der Waals surface area contributed by atoms with Crippen LogP contribution in [0.3, 0.4) is 0 Å². The van der Waals surface area contributed by atoms with Gasteiger partial charge in [-0.05, 0) is 24.5 Å². The monoisotopic (exact) mass is 296 g/mol. The Balaban J connectivity index is 2.24. The van der Waals surface area contributed by atoms with Crippen LogP contribution in [0.4, 0.5) is 8.78 Å². The Labute approximate surface area is 124 Å². The lowest BCUT2D eigenvalue weighted by Crippen LogP contribution is -2.35. The molecule has 1 aliphatic heterocycles. The first-order valence-electron chi connectivity index (χ1n) is 7.44. The van der Waals surface area contributed by atoms with E-state index in [1.807, 2.05) is 31.2 Å². The van der Waals surface area contributed by atoms with Gasteiger partial charge in [0.2, 0.25) is 5.91 Å². The SMILES string of the molecule is CCCCC1NC(c2ccccc2C)N(CC(F)F)C1=O. The molecule has 21 heavy (non-hydrogen) atoms. The van der Waals surface area contributed by atoms with E-state index in [9.17, 15) is 13.6 Å². The fourth-order valence-electron chi connectivity index (χ4n) is 2.79. The van der Waals surface area contributed by atoms with Gasteiger partial charge in [-0.25, -0.2) is 8.78 Å². The van der Waals surface area contributed by atoms with Crippen molar-refractivity contribution in [3.63, 3.8) is 0 Å². The number of amides is 1. The third kappa shape index (κ3) is 3.59. The summed E-state index contributed by atoms with van der Waals surface area (Å²) in [7, 11) is 0. The van der Waals surface area contributed by atoms with Gasteiger partial charge >= 0.3 is 0 Å². The fourth-order valence-corrected chi connectivity index (χ4v) is 2.79. The summed E-state index contributed by atoms with van der Waals surface area (Å²) in [5, 5.41) is 3.23. The molecule has 1 fully saturated rings. The molecule has 0 spiro atoms. The Hall–Kier alpha value is -1.49. The van der Waals surface area contributed by atoms with Crippen molar-refractivity contribution < 1.29 is 13.6 Å². The van der Waals surface area contributed by atoms with Crippen LogP contribution in [0, 0.1) is 6.92 Å². The van der Waals surface area contributed by atoms with Gasteiger partial charge in [0.15, 0.2) is 0 Å². The summed E-state index contributed by atoms with van der Waals surface area (Å²) in [6, 6.07) is 7.24. The zero-order valence-electron chi connectivity index (χ0n) is 12.5. The van der Waals surface area contributed by atoms with E-state index in [2.05, 4.69) is 12.2 Å². The molecule has 1 amide bonds. The van der Waals surface area contributed by atoms with E-state index < -0.39 is 19.1 Å². The molecule has 0 aromatic heterocycles. The third-order valence-electron chi connectivity index (χ3n) is 3.92. The first-order chi connectivity index (χ1) is 10.0. The number of nitrogens with zero attached hydrogens (tertiary/aromatic N) is 1. The molecule has 1 aromatic carbocycles. The second kappa shape index (κ2) is 6.98. The standard InChI is InChI=1S/C16H22F2N2O/c1-3-4-9-13-16(21)20(10-14(17)18)15(19-13)12-8-6-5-7-11(12)2/h5-8,13-15,19H,3-4,9-10H2,1-2H3. The molecule has 2 unspecified atom stereocenters. The second-order valence-corrected chi connectivity index (χ2v) is 5.50. The largest absolute Gasteiger partial charge is 0.316 e. The molecule has 0 saturated carbocycles. The lowest BCUT2D eigenvalue weighted by atomic mass is 10.1. The number of unbranched alkanes of at least 4 members (excludes halogenated alkanes) is 1. The smallest absolute Gasteiger partial charge is 0.255 e. The zero-order chi connectivity index (χ0) is 15.4. The molecule has 0 aliphatic carbocycles. The van der Waals surface area contributed by atoms with Crippen molar-refractivity contribution in [2.45, 2.75) is 51.7 Å².